The summed E-state index contributed by atoms with van der Waals surface area (Å²) in [5.74, 6) is 1.03. The van der Waals surface area contributed by atoms with Gasteiger partial charge >= 0.3 is 0 Å². The molecule has 1 saturated heterocycles. The molecular formula is C15H31IN4O. The van der Waals surface area contributed by atoms with Gasteiger partial charge in [-0.2, -0.15) is 0 Å². The van der Waals surface area contributed by atoms with Gasteiger partial charge in [-0.25, -0.2) is 0 Å². The average molecular weight is 410 g/mol. The van der Waals surface area contributed by atoms with Crippen molar-refractivity contribution in [1.29, 1.82) is 0 Å². The molecule has 1 heterocycles. The number of likely N-dealkylation sites (tertiary alicyclic amines) is 1. The van der Waals surface area contributed by atoms with Gasteiger partial charge in [0.15, 0.2) is 5.96 Å². The third-order valence-corrected chi connectivity index (χ3v) is 4.58. The smallest absolute Gasteiger partial charge is 0.222 e. The molecule has 1 aliphatic rings. The van der Waals surface area contributed by atoms with Crippen LogP contribution in [0.5, 0.6) is 0 Å². The lowest BCUT2D eigenvalue weighted by molar-refractivity contribution is -0.123. The average Bonchev–Trinajstić information content (AvgIpc) is 2.36. The Morgan fingerprint density at radius 3 is 2.10 bits per heavy atom. The second kappa shape index (κ2) is 7.65. The second-order valence-electron chi connectivity index (χ2n) is 6.95. The van der Waals surface area contributed by atoms with Crippen LogP contribution in [0, 0.1) is 11.3 Å². The monoisotopic (exact) mass is 410 g/mol. The van der Waals surface area contributed by atoms with Gasteiger partial charge in [0.2, 0.25) is 5.91 Å². The van der Waals surface area contributed by atoms with Crippen molar-refractivity contribution in [3.8, 4) is 0 Å². The van der Waals surface area contributed by atoms with Crippen molar-refractivity contribution < 1.29 is 4.79 Å². The number of hydrogen-bond acceptors (Lipinski definition) is 2. The number of hydrogen-bond donors (Lipinski definition) is 2. The van der Waals surface area contributed by atoms with Crippen molar-refractivity contribution in [3.63, 3.8) is 0 Å². The number of guanidine groups is 1. The van der Waals surface area contributed by atoms with E-state index in [-0.39, 0.29) is 46.8 Å². The van der Waals surface area contributed by atoms with Crippen molar-refractivity contribution in [3.05, 3.63) is 0 Å². The van der Waals surface area contributed by atoms with E-state index in [9.17, 15) is 4.79 Å². The van der Waals surface area contributed by atoms with Crippen molar-refractivity contribution in [2.75, 3.05) is 26.7 Å². The number of nitrogens with zero attached hydrogens (tertiary/aromatic N) is 2. The molecule has 0 bridgehead atoms. The molecule has 5 nitrogen and oxygen atoms in total. The van der Waals surface area contributed by atoms with Crippen LogP contribution in [-0.4, -0.2) is 49.0 Å². The first kappa shape index (κ1) is 20.5. The van der Waals surface area contributed by atoms with E-state index in [0.29, 0.717) is 13.1 Å². The lowest BCUT2D eigenvalue weighted by Crippen LogP contribution is -2.72. The molecule has 0 unspecified atom stereocenters. The Morgan fingerprint density at radius 1 is 1.19 bits per heavy atom. The van der Waals surface area contributed by atoms with Crippen LogP contribution in [0.4, 0.5) is 0 Å². The summed E-state index contributed by atoms with van der Waals surface area (Å²) in [5, 5.41) is 6.22. The first-order valence-electron chi connectivity index (χ1n) is 7.39. The van der Waals surface area contributed by atoms with Crippen LogP contribution in [0.3, 0.4) is 0 Å². The summed E-state index contributed by atoms with van der Waals surface area (Å²) >= 11 is 0. The number of carbonyl (C=O) groups is 1. The highest BCUT2D eigenvalue weighted by Crippen LogP contribution is 2.46. The summed E-state index contributed by atoms with van der Waals surface area (Å²) in [6.07, 6.45) is 0. The molecule has 0 aliphatic carbocycles. The van der Waals surface area contributed by atoms with E-state index in [1.807, 2.05) is 13.8 Å². The zero-order chi connectivity index (χ0) is 15.6. The van der Waals surface area contributed by atoms with E-state index in [2.05, 4.69) is 48.2 Å². The summed E-state index contributed by atoms with van der Waals surface area (Å²) in [6.45, 7) is 15.1. The minimum atomic E-state index is 0. The minimum Gasteiger partial charge on any atom is -0.354 e. The van der Waals surface area contributed by atoms with Crippen LogP contribution >= 0.6 is 24.0 Å². The topological polar surface area (TPSA) is 56.7 Å². The van der Waals surface area contributed by atoms with E-state index in [0.717, 1.165) is 12.5 Å². The fraction of sp³-hybridized carbons (Fsp3) is 0.867. The van der Waals surface area contributed by atoms with E-state index >= 15 is 0 Å². The van der Waals surface area contributed by atoms with E-state index in [1.54, 1.807) is 7.05 Å². The number of aliphatic imine (C=N–C) groups is 1. The van der Waals surface area contributed by atoms with Crippen LogP contribution in [0.15, 0.2) is 4.99 Å². The first-order valence-corrected chi connectivity index (χ1v) is 7.39. The zero-order valence-corrected chi connectivity index (χ0v) is 16.7. The van der Waals surface area contributed by atoms with Crippen molar-refractivity contribution in [2.24, 2.45) is 16.3 Å². The van der Waals surface area contributed by atoms with E-state index in [1.165, 1.54) is 0 Å². The van der Waals surface area contributed by atoms with Crippen LogP contribution in [-0.2, 0) is 4.79 Å². The molecule has 1 amide bonds. The predicted octanol–water partition coefficient (Wildman–Crippen LogP) is 2.07. The highest BCUT2D eigenvalue weighted by atomic mass is 127. The molecule has 0 atom stereocenters. The Kier molecular flexibility index (Phi) is 7.45. The number of halogens is 1. The van der Waals surface area contributed by atoms with Gasteiger partial charge in [-0.1, -0.05) is 27.7 Å². The highest BCUT2D eigenvalue weighted by Gasteiger charge is 2.53. The summed E-state index contributed by atoms with van der Waals surface area (Å²) in [5.41, 5.74) is 0.381. The summed E-state index contributed by atoms with van der Waals surface area (Å²) < 4.78 is 0. The molecule has 21 heavy (non-hydrogen) atoms. The molecule has 124 valence electrons. The SMILES string of the molecule is CN=C(NCCNC(=O)C(C)C)N1CC(C)(C)C1(C)C.I. The van der Waals surface area contributed by atoms with Gasteiger partial charge in [0.05, 0.1) is 0 Å². The Balaban J connectivity index is 0.00000400. The van der Waals surface area contributed by atoms with Gasteiger partial charge in [-0.3, -0.25) is 9.79 Å². The van der Waals surface area contributed by atoms with E-state index in [4.69, 9.17) is 0 Å². The lowest BCUT2D eigenvalue weighted by Gasteiger charge is -2.62. The van der Waals surface area contributed by atoms with Gasteiger partial charge in [-0.15, -0.1) is 24.0 Å². The fourth-order valence-corrected chi connectivity index (χ4v) is 2.26. The molecule has 1 aliphatic heterocycles. The fourth-order valence-electron chi connectivity index (χ4n) is 2.26. The van der Waals surface area contributed by atoms with Gasteiger partial charge in [-0.05, 0) is 13.8 Å². The minimum absolute atomic E-state index is 0. The van der Waals surface area contributed by atoms with Crippen LogP contribution < -0.4 is 10.6 Å². The Hall–Kier alpha value is -0.530. The van der Waals surface area contributed by atoms with Crippen LogP contribution in [0.1, 0.15) is 41.5 Å². The van der Waals surface area contributed by atoms with Gasteiger partial charge in [0.25, 0.3) is 0 Å². The first-order chi connectivity index (χ1) is 9.13. The maximum atomic E-state index is 11.5. The van der Waals surface area contributed by atoms with E-state index < -0.39 is 0 Å². The van der Waals surface area contributed by atoms with Gasteiger partial charge < -0.3 is 15.5 Å². The molecule has 0 spiro atoms. The lowest BCUT2D eigenvalue weighted by atomic mass is 9.65. The molecule has 1 fully saturated rings. The Morgan fingerprint density at radius 2 is 1.71 bits per heavy atom. The maximum absolute atomic E-state index is 11.5. The quantitative estimate of drug-likeness (QED) is 0.323. The Labute approximate surface area is 146 Å². The number of rotatable bonds is 4. The number of amides is 1. The van der Waals surface area contributed by atoms with Crippen molar-refractivity contribution in [2.45, 2.75) is 47.1 Å². The maximum Gasteiger partial charge on any atom is 0.222 e. The molecule has 0 aromatic heterocycles. The van der Waals surface area contributed by atoms with Crippen molar-refractivity contribution in [1.82, 2.24) is 15.5 Å². The molecule has 6 heteroatoms. The van der Waals surface area contributed by atoms with Crippen LogP contribution in [0.25, 0.3) is 0 Å². The third-order valence-electron chi connectivity index (χ3n) is 4.58. The Bertz CT molecular complexity index is 391. The van der Waals surface area contributed by atoms with Crippen LogP contribution in [0.2, 0.25) is 0 Å². The predicted molar refractivity (Wildman–Crippen MR) is 99.2 cm³/mol. The number of nitrogens with one attached hydrogen (secondary N) is 2. The summed E-state index contributed by atoms with van der Waals surface area (Å²) in [6, 6.07) is 0. The second-order valence-corrected chi connectivity index (χ2v) is 6.95. The summed E-state index contributed by atoms with van der Waals surface area (Å²) in [7, 11) is 1.80. The largest absolute Gasteiger partial charge is 0.354 e. The third kappa shape index (κ3) is 4.47. The molecule has 0 aromatic rings. The molecule has 2 N–H and O–H groups in total. The molecule has 0 radical (unpaired) electrons. The molecule has 1 rings (SSSR count). The standard InChI is InChI=1S/C15H30N4O.HI/c1-11(2)12(20)17-8-9-18-13(16-7)19-10-14(3,4)15(19,5)6;/h11H,8-10H2,1-7H3,(H,16,18)(H,17,20);1H. The highest BCUT2D eigenvalue weighted by molar-refractivity contribution is 14.0. The van der Waals surface area contributed by atoms with Crippen molar-refractivity contribution >= 4 is 35.8 Å². The molecular weight excluding hydrogens is 379 g/mol. The molecule has 0 saturated carbocycles. The van der Waals surface area contributed by atoms with Gasteiger partial charge in [0.1, 0.15) is 0 Å². The normalized spacial score (nSPS) is 19.6. The molecule has 0 aromatic carbocycles. The van der Waals surface area contributed by atoms with Gasteiger partial charge in [0, 0.05) is 43.6 Å². The summed E-state index contributed by atoms with van der Waals surface area (Å²) in [4.78, 5) is 18.1. The number of carbonyl (C=O) groups excluding carboxylic acids is 1. The zero-order valence-electron chi connectivity index (χ0n) is 14.4.